The molecule has 1 amide bonds. The van der Waals surface area contributed by atoms with Crippen LogP contribution in [0.25, 0.3) is 0 Å². The zero-order valence-corrected chi connectivity index (χ0v) is 18.3. The highest BCUT2D eigenvalue weighted by Gasteiger charge is 2.17. The summed E-state index contributed by atoms with van der Waals surface area (Å²) in [6, 6.07) is 9.14. The number of hydrogen-bond acceptors (Lipinski definition) is 6. The molecule has 0 spiro atoms. The average molecular weight is 482 g/mol. The molecule has 0 radical (unpaired) electrons. The van der Waals surface area contributed by atoms with Gasteiger partial charge in [0, 0.05) is 16.6 Å². The van der Waals surface area contributed by atoms with E-state index in [2.05, 4.69) is 26.6 Å². The van der Waals surface area contributed by atoms with Crippen LogP contribution in [-0.4, -0.2) is 29.7 Å². The van der Waals surface area contributed by atoms with E-state index in [1.54, 1.807) is 18.2 Å². The Balaban J connectivity index is 2.15. The fourth-order valence-electron chi connectivity index (χ4n) is 2.36. The molecule has 0 atom stereocenters. The Bertz CT molecular complexity index is 923. The molecule has 8 nitrogen and oxygen atoms in total. The van der Waals surface area contributed by atoms with Crippen LogP contribution in [0.4, 0.5) is 11.4 Å². The van der Waals surface area contributed by atoms with Crippen LogP contribution in [0.1, 0.15) is 30.1 Å². The van der Waals surface area contributed by atoms with Gasteiger partial charge in [0.2, 0.25) is 0 Å². The molecule has 0 fully saturated rings. The summed E-state index contributed by atoms with van der Waals surface area (Å²) in [6.45, 7) is 2.54. The van der Waals surface area contributed by atoms with E-state index in [0.29, 0.717) is 28.1 Å². The average Bonchev–Trinajstić information content (AvgIpc) is 2.68. The van der Waals surface area contributed by atoms with Crippen LogP contribution in [0.15, 0.2) is 40.9 Å². The standard InChI is InChI=1S/C19H20BrN3O5S/c1-3-4-9-28-16-7-5-12(20)10-14(16)18(24)22-19(29)21-15-11-13(23(25)26)6-8-17(15)27-2/h5-8,10-11H,3-4,9H2,1-2H3,(H2,21,22,24,29). The number of amides is 1. The maximum absolute atomic E-state index is 12.7. The second-order valence-electron chi connectivity index (χ2n) is 5.89. The quantitative estimate of drug-likeness (QED) is 0.244. The number of unbranched alkanes of at least 4 members (excludes halogenated alkanes) is 1. The zero-order chi connectivity index (χ0) is 21.4. The molecule has 2 aromatic rings. The van der Waals surface area contributed by atoms with Gasteiger partial charge in [-0.3, -0.25) is 20.2 Å². The van der Waals surface area contributed by atoms with E-state index in [0.717, 1.165) is 12.8 Å². The van der Waals surface area contributed by atoms with Crippen molar-refractivity contribution in [1.82, 2.24) is 5.32 Å². The largest absolute Gasteiger partial charge is 0.495 e. The monoisotopic (exact) mass is 481 g/mol. The van der Waals surface area contributed by atoms with Gasteiger partial charge in [0.05, 0.1) is 29.9 Å². The number of methoxy groups -OCH3 is 1. The summed E-state index contributed by atoms with van der Waals surface area (Å²) in [5, 5.41) is 16.3. The summed E-state index contributed by atoms with van der Waals surface area (Å²) >= 11 is 8.53. The Morgan fingerprint density at radius 2 is 1.97 bits per heavy atom. The maximum Gasteiger partial charge on any atom is 0.271 e. The number of carbonyl (C=O) groups is 1. The summed E-state index contributed by atoms with van der Waals surface area (Å²) in [5.74, 6) is 0.313. The smallest absolute Gasteiger partial charge is 0.271 e. The van der Waals surface area contributed by atoms with Crippen LogP contribution in [-0.2, 0) is 0 Å². The van der Waals surface area contributed by atoms with Gasteiger partial charge in [0.1, 0.15) is 11.5 Å². The van der Waals surface area contributed by atoms with Crippen LogP contribution < -0.4 is 20.1 Å². The molecule has 2 rings (SSSR count). The van der Waals surface area contributed by atoms with Crippen LogP contribution in [0.2, 0.25) is 0 Å². The molecule has 0 bridgehead atoms. The van der Waals surface area contributed by atoms with Crippen molar-refractivity contribution < 1.29 is 19.2 Å². The van der Waals surface area contributed by atoms with Gasteiger partial charge < -0.3 is 14.8 Å². The molecule has 0 unspecified atom stereocenters. The Labute approximate surface area is 181 Å². The summed E-state index contributed by atoms with van der Waals surface area (Å²) in [7, 11) is 1.43. The Hall–Kier alpha value is -2.72. The van der Waals surface area contributed by atoms with E-state index in [1.165, 1.54) is 25.3 Å². The van der Waals surface area contributed by atoms with Gasteiger partial charge in [0.15, 0.2) is 5.11 Å². The number of nitro groups is 1. The number of ether oxygens (including phenoxy) is 2. The van der Waals surface area contributed by atoms with Gasteiger partial charge in [-0.05, 0) is 42.9 Å². The second kappa shape index (κ2) is 10.7. The molecule has 10 heteroatoms. The normalized spacial score (nSPS) is 10.2. The fraction of sp³-hybridized carbons (Fsp3) is 0.263. The molecular weight excluding hydrogens is 462 g/mol. The highest BCUT2D eigenvalue weighted by Crippen LogP contribution is 2.29. The van der Waals surface area contributed by atoms with Crippen molar-refractivity contribution in [2.75, 3.05) is 19.0 Å². The lowest BCUT2D eigenvalue weighted by molar-refractivity contribution is -0.384. The molecule has 0 heterocycles. The zero-order valence-electron chi connectivity index (χ0n) is 15.9. The number of nitro benzene ring substituents is 1. The molecule has 154 valence electrons. The minimum atomic E-state index is -0.534. The van der Waals surface area contributed by atoms with Gasteiger partial charge in [-0.1, -0.05) is 29.3 Å². The Morgan fingerprint density at radius 1 is 1.24 bits per heavy atom. The van der Waals surface area contributed by atoms with Crippen molar-refractivity contribution in [2.45, 2.75) is 19.8 Å². The molecule has 0 aliphatic heterocycles. The molecule has 0 aliphatic rings. The molecule has 2 aromatic carbocycles. The first-order valence-electron chi connectivity index (χ1n) is 8.72. The van der Waals surface area contributed by atoms with Crippen LogP contribution >= 0.6 is 28.1 Å². The number of halogens is 1. The molecule has 29 heavy (non-hydrogen) atoms. The SMILES string of the molecule is CCCCOc1ccc(Br)cc1C(=O)NC(=S)Nc1cc([N+](=O)[O-])ccc1OC. The van der Waals surface area contributed by atoms with E-state index in [4.69, 9.17) is 21.7 Å². The lowest BCUT2D eigenvalue weighted by Gasteiger charge is -2.14. The predicted octanol–water partition coefficient (Wildman–Crippen LogP) is 4.67. The minimum Gasteiger partial charge on any atom is -0.495 e. The summed E-state index contributed by atoms with van der Waals surface area (Å²) in [6.07, 6.45) is 1.83. The van der Waals surface area contributed by atoms with Gasteiger partial charge in [0.25, 0.3) is 11.6 Å². The number of benzene rings is 2. The Kier molecular flexibility index (Phi) is 8.34. The number of nitrogens with zero attached hydrogens (tertiary/aromatic N) is 1. The van der Waals surface area contributed by atoms with Crippen molar-refractivity contribution in [3.63, 3.8) is 0 Å². The number of carbonyl (C=O) groups excluding carboxylic acids is 1. The first-order chi connectivity index (χ1) is 13.8. The molecule has 0 aliphatic carbocycles. The van der Waals surface area contributed by atoms with E-state index in [1.807, 2.05) is 6.92 Å². The number of non-ortho nitro benzene ring substituents is 1. The maximum atomic E-state index is 12.7. The second-order valence-corrected chi connectivity index (χ2v) is 7.22. The van der Waals surface area contributed by atoms with Crippen LogP contribution in [0, 0.1) is 10.1 Å². The van der Waals surface area contributed by atoms with Crippen LogP contribution in [0.3, 0.4) is 0 Å². The van der Waals surface area contributed by atoms with Gasteiger partial charge in [-0.15, -0.1) is 0 Å². The number of rotatable bonds is 8. The number of thiocarbonyl (C=S) groups is 1. The van der Waals surface area contributed by atoms with E-state index in [-0.39, 0.29) is 16.5 Å². The predicted molar refractivity (Wildman–Crippen MR) is 118 cm³/mol. The Morgan fingerprint density at radius 3 is 2.62 bits per heavy atom. The van der Waals surface area contributed by atoms with Gasteiger partial charge in [-0.25, -0.2) is 0 Å². The number of nitrogens with one attached hydrogen (secondary N) is 2. The number of anilines is 1. The minimum absolute atomic E-state index is 0.0340. The first kappa shape index (κ1) is 22.6. The number of hydrogen-bond donors (Lipinski definition) is 2. The van der Waals surface area contributed by atoms with Crippen molar-refractivity contribution in [2.24, 2.45) is 0 Å². The fourth-order valence-corrected chi connectivity index (χ4v) is 2.93. The van der Waals surface area contributed by atoms with Gasteiger partial charge >= 0.3 is 0 Å². The molecule has 0 aromatic heterocycles. The summed E-state index contributed by atoms with van der Waals surface area (Å²) in [5.41, 5.74) is 0.437. The molecular formula is C19H20BrN3O5S. The van der Waals surface area contributed by atoms with E-state index >= 15 is 0 Å². The first-order valence-corrected chi connectivity index (χ1v) is 9.93. The molecule has 2 N–H and O–H groups in total. The van der Waals surface area contributed by atoms with E-state index < -0.39 is 10.8 Å². The highest BCUT2D eigenvalue weighted by atomic mass is 79.9. The van der Waals surface area contributed by atoms with Crippen molar-refractivity contribution >= 4 is 50.5 Å². The lowest BCUT2D eigenvalue weighted by Crippen LogP contribution is -2.34. The summed E-state index contributed by atoms with van der Waals surface area (Å²) < 4.78 is 11.6. The van der Waals surface area contributed by atoms with Crippen LogP contribution in [0.5, 0.6) is 11.5 Å². The topological polar surface area (TPSA) is 103 Å². The highest BCUT2D eigenvalue weighted by molar-refractivity contribution is 9.10. The lowest BCUT2D eigenvalue weighted by atomic mass is 10.2. The van der Waals surface area contributed by atoms with Crippen molar-refractivity contribution in [3.05, 3.63) is 56.5 Å². The third-order valence-electron chi connectivity index (χ3n) is 3.81. The van der Waals surface area contributed by atoms with E-state index in [9.17, 15) is 14.9 Å². The van der Waals surface area contributed by atoms with Crippen molar-refractivity contribution in [3.8, 4) is 11.5 Å². The summed E-state index contributed by atoms with van der Waals surface area (Å²) in [4.78, 5) is 23.2. The third kappa shape index (κ3) is 6.40. The van der Waals surface area contributed by atoms with Gasteiger partial charge in [-0.2, -0.15) is 0 Å². The third-order valence-corrected chi connectivity index (χ3v) is 4.51. The van der Waals surface area contributed by atoms with Crippen molar-refractivity contribution in [1.29, 1.82) is 0 Å². The molecule has 0 saturated carbocycles. The molecule has 0 saturated heterocycles.